The number of aromatic nitrogens is 3. The van der Waals surface area contributed by atoms with Gasteiger partial charge in [-0.3, -0.25) is 4.79 Å². The summed E-state index contributed by atoms with van der Waals surface area (Å²) in [5.41, 5.74) is 5.56. The van der Waals surface area contributed by atoms with Crippen molar-refractivity contribution >= 4 is 11.6 Å². The number of ether oxygens (including phenoxy) is 1. The topological polar surface area (TPSA) is 69.0 Å². The van der Waals surface area contributed by atoms with Crippen molar-refractivity contribution in [2.24, 2.45) is 5.92 Å². The summed E-state index contributed by atoms with van der Waals surface area (Å²) in [7, 11) is 0. The second-order valence-electron chi connectivity index (χ2n) is 9.80. The highest BCUT2D eigenvalue weighted by Crippen LogP contribution is 2.27. The number of benzene rings is 3. The summed E-state index contributed by atoms with van der Waals surface area (Å²) >= 11 is 0. The number of nitrogens with one attached hydrogen (secondary N) is 1. The fourth-order valence-corrected chi connectivity index (χ4v) is 4.06. The Morgan fingerprint density at radius 2 is 1.70 bits per heavy atom. The molecule has 0 aliphatic carbocycles. The third-order valence-electron chi connectivity index (χ3n) is 6.17. The van der Waals surface area contributed by atoms with Gasteiger partial charge in [-0.1, -0.05) is 70.0 Å². The second-order valence-corrected chi connectivity index (χ2v) is 9.80. The average Bonchev–Trinajstić information content (AvgIpc) is 3.33. The standard InChI is InChI=1S/C31H36N4O2/c1-5-6-7-11-24-13-15-25(16-14-24)30(36)32-26-17-19-27(20-18-26)35-29(28-12-9-8-10-23(28)4)33-31(34-35)37-21-22(2)3/h8-10,12-20,22H,5-7,11,21H2,1-4H3,(H,32,36). The van der Waals surface area contributed by atoms with E-state index in [0.717, 1.165) is 28.9 Å². The fraction of sp³-hybridized carbons (Fsp3) is 0.323. The first-order chi connectivity index (χ1) is 17.9. The maximum Gasteiger partial charge on any atom is 0.336 e. The molecule has 6 nitrogen and oxygen atoms in total. The zero-order chi connectivity index (χ0) is 26.2. The van der Waals surface area contributed by atoms with Gasteiger partial charge in [-0.2, -0.15) is 4.98 Å². The predicted molar refractivity (Wildman–Crippen MR) is 149 cm³/mol. The van der Waals surface area contributed by atoms with E-state index in [1.165, 1.54) is 24.8 Å². The Morgan fingerprint density at radius 3 is 2.38 bits per heavy atom. The molecule has 1 aromatic heterocycles. The molecule has 4 rings (SSSR count). The number of carbonyl (C=O) groups excluding carboxylic acids is 1. The van der Waals surface area contributed by atoms with Gasteiger partial charge in [0.2, 0.25) is 0 Å². The van der Waals surface area contributed by atoms with Crippen LogP contribution in [0.3, 0.4) is 0 Å². The van der Waals surface area contributed by atoms with Crippen LogP contribution < -0.4 is 10.1 Å². The first-order valence-electron chi connectivity index (χ1n) is 13.1. The minimum absolute atomic E-state index is 0.126. The summed E-state index contributed by atoms with van der Waals surface area (Å²) in [6.07, 6.45) is 4.66. The molecule has 0 atom stereocenters. The molecule has 1 heterocycles. The zero-order valence-electron chi connectivity index (χ0n) is 22.2. The molecule has 1 amide bonds. The number of carbonyl (C=O) groups is 1. The molecule has 0 saturated carbocycles. The first-order valence-corrected chi connectivity index (χ1v) is 13.1. The first kappa shape index (κ1) is 26.1. The van der Waals surface area contributed by atoms with Crippen LogP contribution in [0.1, 0.15) is 61.5 Å². The number of hydrogen-bond donors (Lipinski definition) is 1. The number of aryl methyl sites for hydroxylation is 2. The van der Waals surface area contributed by atoms with E-state index in [0.29, 0.717) is 29.9 Å². The Bertz CT molecular complexity index is 1310. The summed E-state index contributed by atoms with van der Waals surface area (Å²) in [6, 6.07) is 23.9. The van der Waals surface area contributed by atoms with Crippen LogP contribution in [0.15, 0.2) is 72.8 Å². The molecule has 3 aromatic carbocycles. The van der Waals surface area contributed by atoms with Crippen LogP contribution in [0, 0.1) is 12.8 Å². The highest BCUT2D eigenvalue weighted by Gasteiger charge is 2.17. The molecule has 4 aromatic rings. The molecule has 0 radical (unpaired) electrons. The molecule has 0 fully saturated rings. The van der Waals surface area contributed by atoms with E-state index in [1.807, 2.05) is 66.7 Å². The summed E-state index contributed by atoms with van der Waals surface area (Å²) in [5, 5.41) is 7.63. The lowest BCUT2D eigenvalue weighted by atomic mass is 10.1. The molecule has 37 heavy (non-hydrogen) atoms. The third-order valence-corrected chi connectivity index (χ3v) is 6.17. The quantitative estimate of drug-likeness (QED) is 0.222. The molecule has 0 spiro atoms. The molecule has 0 bridgehead atoms. The van der Waals surface area contributed by atoms with Crippen molar-refractivity contribution in [3.8, 4) is 23.1 Å². The van der Waals surface area contributed by atoms with Crippen molar-refractivity contribution in [1.29, 1.82) is 0 Å². The number of nitrogens with zero attached hydrogens (tertiary/aromatic N) is 3. The van der Waals surface area contributed by atoms with Gasteiger partial charge in [-0.05, 0) is 73.2 Å². The Hall–Kier alpha value is -3.93. The second kappa shape index (κ2) is 12.3. The lowest BCUT2D eigenvalue weighted by Gasteiger charge is -2.10. The van der Waals surface area contributed by atoms with Gasteiger partial charge in [0.15, 0.2) is 5.82 Å². The lowest BCUT2D eigenvalue weighted by molar-refractivity contribution is 0.102. The van der Waals surface area contributed by atoms with Crippen LogP contribution >= 0.6 is 0 Å². The summed E-state index contributed by atoms with van der Waals surface area (Å²) in [4.78, 5) is 17.5. The number of unbranched alkanes of at least 4 members (excludes halogenated alkanes) is 2. The van der Waals surface area contributed by atoms with E-state index in [2.05, 4.69) is 44.2 Å². The van der Waals surface area contributed by atoms with Gasteiger partial charge < -0.3 is 10.1 Å². The predicted octanol–water partition coefficient (Wildman–Crippen LogP) is 7.26. The summed E-state index contributed by atoms with van der Waals surface area (Å²) in [6.45, 7) is 8.98. The molecular weight excluding hydrogens is 460 g/mol. The Labute approximate surface area is 219 Å². The van der Waals surface area contributed by atoms with Crippen LogP contribution in [-0.4, -0.2) is 27.3 Å². The van der Waals surface area contributed by atoms with E-state index < -0.39 is 0 Å². The van der Waals surface area contributed by atoms with E-state index in [4.69, 9.17) is 9.72 Å². The average molecular weight is 497 g/mol. The molecule has 0 aliphatic rings. The smallest absolute Gasteiger partial charge is 0.336 e. The van der Waals surface area contributed by atoms with Crippen LogP contribution in [0.25, 0.3) is 17.1 Å². The van der Waals surface area contributed by atoms with Gasteiger partial charge in [0.25, 0.3) is 5.91 Å². The van der Waals surface area contributed by atoms with Crippen LogP contribution in [-0.2, 0) is 6.42 Å². The lowest BCUT2D eigenvalue weighted by Crippen LogP contribution is -2.12. The highest BCUT2D eigenvalue weighted by molar-refractivity contribution is 6.04. The fourth-order valence-electron chi connectivity index (χ4n) is 4.06. The monoisotopic (exact) mass is 496 g/mol. The van der Waals surface area contributed by atoms with Gasteiger partial charge in [0.05, 0.1) is 12.3 Å². The van der Waals surface area contributed by atoms with Gasteiger partial charge in [-0.25, -0.2) is 4.68 Å². The third kappa shape index (κ3) is 6.85. The van der Waals surface area contributed by atoms with Crippen molar-refractivity contribution < 1.29 is 9.53 Å². The SMILES string of the molecule is CCCCCc1ccc(C(=O)Nc2ccc(-n3nc(OCC(C)C)nc3-c3ccccc3C)cc2)cc1. The van der Waals surface area contributed by atoms with Gasteiger partial charge in [0, 0.05) is 16.8 Å². The minimum Gasteiger partial charge on any atom is -0.462 e. The van der Waals surface area contributed by atoms with E-state index >= 15 is 0 Å². The Balaban J connectivity index is 1.51. The van der Waals surface area contributed by atoms with Crippen molar-refractivity contribution in [3.05, 3.63) is 89.5 Å². The molecule has 6 heteroatoms. The van der Waals surface area contributed by atoms with Crippen LogP contribution in [0.4, 0.5) is 5.69 Å². The molecule has 0 aliphatic heterocycles. The number of hydrogen-bond acceptors (Lipinski definition) is 4. The Kier molecular flexibility index (Phi) is 8.72. The maximum atomic E-state index is 12.8. The van der Waals surface area contributed by atoms with Crippen LogP contribution in [0.5, 0.6) is 6.01 Å². The molecule has 192 valence electrons. The normalized spacial score (nSPS) is 11.1. The van der Waals surface area contributed by atoms with Gasteiger partial charge in [-0.15, -0.1) is 5.10 Å². The van der Waals surface area contributed by atoms with Crippen molar-refractivity contribution in [2.45, 2.75) is 53.4 Å². The Morgan fingerprint density at radius 1 is 0.973 bits per heavy atom. The summed E-state index contributed by atoms with van der Waals surface area (Å²) < 4.78 is 7.63. The van der Waals surface area contributed by atoms with Crippen molar-refractivity contribution in [3.63, 3.8) is 0 Å². The van der Waals surface area contributed by atoms with E-state index in [9.17, 15) is 4.79 Å². The van der Waals surface area contributed by atoms with Gasteiger partial charge >= 0.3 is 6.01 Å². The van der Waals surface area contributed by atoms with E-state index in [1.54, 1.807) is 4.68 Å². The number of anilines is 1. The van der Waals surface area contributed by atoms with E-state index in [-0.39, 0.29) is 5.91 Å². The zero-order valence-corrected chi connectivity index (χ0v) is 22.2. The highest BCUT2D eigenvalue weighted by atomic mass is 16.5. The van der Waals surface area contributed by atoms with Crippen LogP contribution in [0.2, 0.25) is 0 Å². The molecule has 1 N–H and O–H groups in total. The van der Waals surface area contributed by atoms with Gasteiger partial charge in [0.1, 0.15) is 0 Å². The minimum atomic E-state index is -0.126. The molecule has 0 saturated heterocycles. The largest absolute Gasteiger partial charge is 0.462 e. The maximum absolute atomic E-state index is 12.8. The number of rotatable bonds is 11. The molecule has 0 unspecified atom stereocenters. The molecular formula is C31H36N4O2. The summed E-state index contributed by atoms with van der Waals surface area (Å²) in [5.74, 6) is 0.959. The van der Waals surface area contributed by atoms with Crippen molar-refractivity contribution in [2.75, 3.05) is 11.9 Å². The number of amides is 1. The van der Waals surface area contributed by atoms with Crippen molar-refractivity contribution in [1.82, 2.24) is 14.8 Å².